The molecule has 1 aliphatic carbocycles. The van der Waals surface area contributed by atoms with Gasteiger partial charge in [-0.2, -0.15) is 0 Å². The average molecular weight is 325 g/mol. The quantitative estimate of drug-likeness (QED) is 0.879. The summed E-state index contributed by atoms with van der Waals surface area (Å²) in [5.41, 5.74) is 3.53. The number of fused-ring (bicyclic) bond motifs is 1. The maximum absolute atomic E-state index is 12.6. The van der Waals surface area contributed by atoms with E-state index >= 15 is 0 Å². The second-order valence-corrected chi connectivity index (χ2v) is 6.60. The summed E-state index contributed by atoms with van der Waals surface area (Å²) in [5.74, 6) is 0.336. The largest absolute Gasteiger partial charge is 0.324 e. The van der Waals surface area contributed by atoms with Crippen LogP contribution in [0.2, 0.25) is 5.02 Å². The smallest absolute Gasteiger partial charge is 0.249 e. The van der Waals surface area contributed by atoms with Crippen molar-refractivity contribution in [1.82, 2.24) is 0 Å². The number of benzene rings is 2. The van der Waals surface area contributed by atoms with E-state index in [1.54, 1.807) is 6.07 Å². The molecule has 0 bridgehead atoms. The first-order valence-electron chi connectivity index (χ1n) is 7.96. The number of anilines is 1. The number of nitrogens with zero attached hydrogens (tertiary/aromatic N) is 1. The van der Waals surface area contributed by atoms with Crippen LogP contribution in [0.4, 0.5) is 5.69 Å². The zero-order chi connectivity index (χ0) is 15.8. The molecule has 1 heterocycles. The molecule has 3 nitrogen and oxygen atoms in total. The van der Waals surface area contributed by atoms with E-state index in [1.807, 2.05) is 42.5 Å². The van der Waals surface area contributed by atoms with Gasteiger partial charge in [-0.3, -0.25) is 9.79 Å². The van der Waals surface area contributed by atoms with Gasteiger partial charge >= 0.3 is 0 Å². The predicted molar refractivity (Wildman–Crippen MR) is 93.3 cm³/mol. The highest BCUT2D eigenvalue weighted by Crippen LogP contribution is 2.35. The van der Waals surface area contributed by atoms with Gasteiger partial charge in [0, 0.05) is 16.1 Å². The number of aliphatic imine (C=N–C) groups is 1. The standard InChI is InChI=1S/C19H17ClN2O/c20-14-9-10-16-15(11-14)17(12-5-2-1-3-6-12)22-18(19(23)21-16)13-7-4-8-13/h1-3,5-6,9-11,13,18H,4,7-8H2,(H,21,23). The van der Waals surface area contributed by atoms with Crippen molar-refractivity contribution in [2.75, 3.05) is 5.32 Å². The van der Waals surface area contributed by atoms with Crippen LogP contribution < -0.4 is 5.32 Å². The molecule has 116 valence electrons. The Kier molecular flexibility index (Phi) is 3.66. The lowest BCUT2D eigenvalue weighted by Gasteiger charge is -2.29. The van der Waals surface area contributed by atoms with Crippen molar-refractivity contribution in [3.05, 3.63) is 64.7 Å². The molecule has 1 aliphatic heterocycles. The molecule has 2 aromatic rings. The first-order chi connectivity index (χ1) is 11.2. The summed E-state index contributed by atoms with van der Waals surface area (Å²) < 4.78 is 0. The Hall–Kier alpha value is -2.13. The van der Waals surface area contributed by atoms with Crippen LogP contribution in [0.5, 0.6) is 0 Å². The lowest BCUT2D eigenvalue weighted by Crippen LogP contribution is -2.36. The first kappa shape index (κ1) is 14.5. The summed E-state index contributed by atoms with van der Waals surface area (Å²) in [4.78, 5) is 17.5. The Morgan fingerprint density at radius 1 is 1.09 bits per heavy atom. The maximum Gasteiger partial charge on any atom is 0.249 e. The van der Waals surface area contributed by atoms with Crippen LogP contribution in [0.25, 0.3) is 0 Å². The number of carbonyl (C=O) groups excluding carboxylic acids is 1. The third-order valence-electron chi connectivity index (χ3n) is 4.67. The van der Waals surface area contributed by atoms with Crippen molar-refractivity contribution in [3.63, 3.8) is 0 Å². The fourth-order valence-corrected chi connectivity index (χ4v) is 3.37. The van der Waals surface area contributed by atoms with Crippen molar-refractivity contribution in [3.8, 4) is 0 Å². The fraction of sp³-hybridized carbons (Fsp3) is 0.263. The number of amides is 1. The van der Waals surface area contributed by atoms with Crippen LogP contribution in [0.1, 0.15) is 30.4 Å². The zero-order valence-electron chi connectivity index (χ0n) is 12.6. The summed E-state index contributed by atoms with van der Waals surface area (Å²) in [7, 11) is 0. The normalized spacial score (nSPS) is 20.8. The summed E-state index contributed by atoms with van der Waals surface area (Å²) in [6, 6.07) is 15.2. The van der Waals surface area contributed by atoms with Crippen LogP contribution >= 0.6 is 11.6 Å². The molecule has 4 rings (SSSR count). The Morgan fingerprint density at radius 3 is 2.57 bits per heavy atom. The first-order valence-corrected chi connectivity index (χ1v) is 8.34. The highest BCUT2D eigenvalue weighted by Gasteiger charge is 2.35. The van der Waals surface area contributed by atoms with E-state index in [0.29, 0.717) is 10.9 Å². The molecule has 23 heavy (non-hydrogen) atoms. The number of carbonyl (C=O) groups is 1. The second-order valence-electron chi connectivity index (χ2n) is 6.16. The molecule has 1 fully saturated rings. The second kappa shape index (κ2) is 5.82. The van der Waals surface area contributed by atoms with Crippen LogP contribution in [0.3, 0.4) is 0 Å². The molecule has 0 aromatic heterocycles. The molecule has 4 heteroatoms. The highest BCUT2D eigenvalue weighted by molar-refractivity contribution is 6.32. The van der Waals surface area contributed by atoms with Crippen molar-refractivity contribution >= 4 is 28.9 Å². The SMILES string of the molecule is O=C1Nc2ccc(Cl)cc2C(c2ccccc2)=NC1C1CCC1. The van der Waals surface area contributed by atoms with Gasteiger partial charge in [-0.15, -0.1) is 0 Å². The maximum atomic E-state index is 12.6. The van der Waals surface area contributed by atoms with E-state index in [4.69, 9.17) is 16.6 Å². The molecule has 1 atom stereocenters. The monoisotopic (exact) mass is 324 g/mol. The minimum absolute atomic E-state index is 0.01000. The lowest BCUT2D eigenvalue weighted by molar-refractivity contribution is -0.119. The van der Waals surface area contributed by atoms with E-state index < -0.39 is 0 Å². The summed E-state index contributed by atoms with van der Waals surface area (Å²) in [6.07, 6.45) is 3.32. The third-order valence-corrected chi connectivity index (χ3v) is 4.91. The van der Waals surface area contributed by atoms with Crippen LogP contribution in [0.15, 0.2) is 53.5 Å². The molecule has 1 N–H and O–H groups in total. The number of rotatable bonds is 2. The van der Waals surface area contributed by atoms with Gasteiger partial charge < -0.3 is 5.32 Å². The Labute approximate surface area is 140 Å². The summed E-state index contributed by atoms with van der Waals surface area (Å²) in [5, 5.41) is 3.68. The molecular weight excluding hydrogens is 308 g/mol. The molecule has 2 aromatic carbocycles. The Bertz CT molecular complexity index is 781. The van der Waals surface area contributed by atoms with Gasteiger partial charge in [0.1, 0.15) is 6.04 Å². The highest BCUT2D eigenvalue weighted by atomic mass is 35.5. The predicted octanol–water partition coefficient (Wildman–Crippen LogP) is 4.30. The van der Waals surface area contributed by atoms with Crippen molar-refractivity contribution in [2.24, 2.45) is 10.9 Å². The lowest BCUT2D eigenvalue weighted by atomic mass is 9.79. The molecule has 0 saturated heterocycles. The van der Waals surface area contributed by atoms with Crippen molar-refractivity contribution in [1.29, 1.82) is 0 Å². The van der Waals surface area contributed by atoms with Gasteiger partial charge in [-0.1, -0.05) is 48.4 Å². The van der Waals surface area contributed by atoms with Crippen molar-refractivity contribution < 1.29 is 4.79 Å². The van der Waals surface area contributed by atoms with Crippen LogP contribution in [-0.2, 0) is 4.79 Å². The molecule has 0 radical (unpaired) electrons. The average Bonchev–Trinajstić information content (AvgIpc) is 2.64. The van der Waals surface area contributed by atoms with E-state index in [2.05, 4.69) is 5.32 Å². The van der Waals surface area contributed by atoms with Gasteiger partial charge in [0.15, 0.2) is 0 Å². The molecule has 1 unspecified atom stereocenters. The van der Waals surface area contributed by atoms with Gasteiger partial charge in [-0.05, 0) is 37.0 Å². The van der Waals surface area contributed by atoms with Crippen molar-refractivity contribution in [2.45, 2.75) is 25.3 Å². The van der Waals surface area contributed by atoms with Crippen LogP contribution in [0, 0.1) is 5.92 Å². The minimum Gasteiger partial charge on any atom is -0.324 e. The minimum atomic E-state index is -0.315. The topological polar surface area (TPSA) is 41.5 Å². The van der Waals surface area contributed by atoms with Gasteiger partial charge in [0.2, 0.25) is 5.91 Å². The number of hydrogen-bond donors (Lipinski definition) is 1. The Morgan fingerprint density at radius 2 is 1.87 bits per heavy atom. The number of halogens is 1. The number of benzodiazepines with no additional fused rings is 1. The van der Waals surface area contributed by atoms with Gasteiger partial charge in [0.05, 0.1) is 11.4 Å². The van der Waals surface area contributed by atoms with E-state index in [0.717, 1.165) is 35.4 Å². The molecular formula is C19H17ClN2O. The summed E-state index contributed by atoms with van der Waals surface area (Å²) in [6.45, 7) is 0. The third kappa shape index (κ3) is 2.66. The zero-order valence-corrected chi connectivity index (χ0v) is 13.4. The van der Waals surface area contributed by atoms with E-state index in [-0.39, 0.29) is 11.9 Å². The van der Waals surface area contributed by atoms with Gasteiger partial charge in [-0.25, -0.2) is 0 Å². The summed E-state index contributed by atoms with van der Waals surface area (Å²) >= 11 is 6.19. The van der Waals surface area contributed by atoms with Crippen LogP contribution in [-0.4, -0.2) is 17.7 Å². The molecule has 1 amide bonds. The Balaban J connectivity index is 1.89. The number of nitrogens with one attached hydrogen (secondary N) is 1. The molecule has 2 aliphatic rings. The molecule has 1 saturated carbocycles. The number of hydrogen-bond acceptors (Lipinski definition) is 2. The molecule has 0 spiro atoms. The van der Waals surface area contributed by atoms with E-state index in [9.17, 15) is 4.79 Å². The van der Waals surface area contributed by atoms with Gasteiger partial charge in [0.25, 0.3) is 0 Å². The van der Waals surface area contributed by atoms with E-state index in [1.165, 1.54) is 6.42 Å². The fourth-order valence-electron chi connectivity index (χ4n) is 3.20.